The fourth-order valence-electron chi connectivity index (χ4n) is 2.51. The number of hydrogen-bond acceptors (Lipinski definition) is 3. The van der Waals surface area contributed by atoms with E-state index in [1.54, 1.807) is 7.11 Å². The Morgan fingerprint density at radius 2 is 2.05 bits per heavy atom. The molecule has 0 spiro atoms. The summed E-state index contributed by atoms with van der Waals surface area (Å²) in [6.45, 7) is 4.99. The van der Waals surface area contributed by atoms with Gasteiger partial charge in [0.1, 0.15) is 5.75 Å². The lowest BCUT2D eigenvalue weighted by atomic mass is 10.1. The molecule has 5 nitrogen and oxygen atoms in total. The van der Waals surface area contributed by atoms with Gasteiger partial charge in [0.15, 0.2) is 0 Å². The van der Waals surface area contributed by atoms with Gasteiger partial charge in [0.25, 0.3) is 0 Å². The molecule has 1 fully saturated rings. The van der Waals surface area contributed by atoms with Crippen LogP contribution in [-0.4, -0.2) is 43.0 Å². The summed E-state index contributed by atoms with van der Waals surface area (Å²) in [5.74, 6) is 0.901. The molecule has 0 radical (unpaired) electrons. The van der Waals surface area contributed by atoms with E-state index in [1.807, 2.05) is 43.0 Å². The highest BCUT2D eigenvalue weighted by Gasteiger charge is 2.30. The lowest BCUT2D eigenvalue weighted by Gasteiger charge is -2.18. The fourth-order valence-corrected chi connectivity index (χ4v) is 2.51. The number of nitrogens with one attached hydrogen (secondary N) is 1. The number of hydrogen-bond donors (Lipinski definition) is 1. The molecule has 0 saturated carbocycles. The average Bonchev–Trinajstić information content (AvgIpc) is 2.85. The van der Waals surface area contributed by atoms with Crippen molar-refractivity contribution in [3.63, 3.8) is 0 Å². The van der Waals surface area contributed by atoms with Crippen LogP contribution in [0.4, 0.5) is 0 Å². The Morgan fingerprint density at radius 3 is 2.64 bits per heavy atom. The van der Waals surface area contributed by atoms with Gasteiger partial charge in [-0.1, -0.05) is 26.0 Å². The number of amides is 2. The van der Waals surface area contributed by atoms with Gasteiger partial charge in [-0.05, 0) is 24.1 Å². The summed E-state index contributed by atoms with van der Waals surface area (Å²) >= 11 is 0. The van der Waals surface area contributed by atoms with Crippen LogP contribution < -0.4 is 10.1 Å². The maximum absolute atomic E-state index is 12.0. The lowest BCUT2D eigenvalue weighted by molar-refractivity contribution is -0.127. The van der Waals surface area contributed by atoms with E-state index in [0.717, 1.165) is 12.2 Å². The number of methoxy groups -OCH3 is 1. The van der Waals surface area contributed by atoms with E-state index in [4.69, 9.17) is 4.74 Å². The number of rotatable bonds is 6. The maximum atomic E-state index is 12.0. The van der Waals surface area contributed by atoms with Gasteiger partial charge in [0.05, 0.1) is 13.2 Å². The van der Waals surface area contributed by atoms with Crippen molar-refractivity contribution in [3.8, 4) is 5.75 Å². The van der Waals surface area contributed by atoms with Crippen LogP contribution in [-0.2, 0) is 16.0 Å². The number of carbonyl (C=O) groups is 2. The lowest BCUT2D eigenvalue weighted by Crippen LogP contribution is -2.39. The molecule has 120 valence electrons. The predicted octanol–water partition coefficient (Wildman–Crippen LogP) is 1.61. The highest BCUT2D eigenvalue weighted by Crippen LogP contribution is 2.15. The van der Waals surface area contributed by atoms with Crippen LogP contribution in [0.5, 0.6) is 5.75 Å². The van der Waals surface area contributed by atoms with Crippen LogP contribution in [0, 0.1) is 5.92 Å². The van der Waals surface area contributed by atoms with E-state index in [-0.39, 0.29) is 23.8 Å². The Bertz CT molecular complexity index is 525. The van der Waals surface area contributed by atoms with Crippen molar-refractivity contribution >= 4 is 11.8 Å². The number of carbonyl (C=O) groups excluding carboxylic acids is 2. The first-order valence-corrected chi connectivity index (χ1v) is 7.70. The molecule has 1 aromatic rings. The van der Waals surface area contributed by atoms with Gasteiger partial charge in [0.2, 0.25) is 11.8 Å². The van der Waals surface area contributed by atoms with Crippen molar-refractivity contribution in [2.45, 2.75) is 32.7 Å². The highest BCUT2D eigenvalue weighted by molar-refractivity contribution is 5.82. The molecule has 0 unspecified atom stereocenters. The minimum absolute atomic E-state index is 0.00908. The largest absolute Gasteiger partial charge is 0.497 e. The molecule has 1 aliphatic rings. The van der Waals surface area contributed by atoms with E-state index < -0.39 is 0 Å². The number of ether oxygens (including phenoxy) is 1. The SMILES string of the molecule is COc1ccc(CCN2C[C@@H](NC(=O)C(C)C)CC2=O)cc1. The third-order valence-electron chi connectivity index (χ3n) is 3.91. The van der Waals surface area contributed by atoms with Crippen LogP contribution in [0.2, 0.25) is 0 Å². The van der Waals surface area contributed by atoms with Crippen LogP contribution in [0.25, 0.3) is 0 Å². The van der Waals surface area contributed by atoms with Gasteiger partial charge in [0, 0.05) is 25.4 Å². The molecule has 1 heterocycles. The molecule has 5 heteroatoms. The van der Waals surface area contributed by atoms with E-state index in [1.165, 1.54) is 5.56 Å². The van der Waals surface area contributed by atoms with E-state index in [0.29, 0.717) is 19.5 Å². The Kier molecular flexibility index (Phi) is 5.41. The zero-order valence-corrected chi connectivity index (χ0v) is 13.5. The quantitative estimate of drug-likeness (QED) is 0.868. The van der Waals surface area contributed by atoms with Crippen molar-refractivity contribution < 1.29 is 14.3 Å². The second-order valence-corrected chi connectivity index (χ2v) is 6.00. The zero-order valence-electron chi connectivity index (χ0n) is 13.5. The molecule has 2 rings (SSSR count). The summed E-state index contributed by atoms with van der Waals surface area (Å²) in [7, 11) is 1.64. The Hall–Kier alpha value is -2.04. The van der Waals surface area contributed by atoms with Gasteiger partial charge in [-0.25, -0.2) is 0 Å². The van der Waals surface area contributed by atoms with Crippen molar-refractivity contribution in [1.82, 2.24) is 10.2 Å². The standard InChI is InChI=1S/C17H24N2O3/c1-12(2)17(21)18-14-10-16(20)19(11-14)9-8-13-4-6-15(22-3)7-5-13/h4-7,12,14H,8-11H2,1-3H3,(H,18,21)/t14-/m0/s1. The van der Waals surface area contributed by atoms with Gasteiger partial charge >= 0.3 is 0 Å². The Labute approximate surface area is 131 Å². The van der Waals surface area contributed by atoms with E-state index in [9.17, 15) is 9.59 Å². The maximum Gasteiger partial charge on any atom is 0.224 e. The Balaban J connectivity index is 1.82. The second-order valence-electron chi connectivity index (χ2n) is 6.00. The summed E-state index contributed by atoms with van der Waals surface area (Å²) in [5.41, 5.74) is 1.17. The monoisotopic (exact) mass is 304 g/mol. The van der Waals surface area contributed by atoms with Crippen molar-refractivity contribution in [2.24, 2.45) is 5.92 Å². The Morgan fingerprint density at radius 1 is 1.36 bits per heavy atom. The van der Waals surface area contributed by atoms with Crippen molar-refractivity contribution in [1.29, 1.82) is 0 Å². The minimum Gasteiger partial charge on any atom is -0.497 e. The third-order valence-corrected chi connectivity index (χ3v) is 3.91. The third kappa shape index (κ3) is 4.23. The second kappa shape index (κ2) is 7.29. The molecule has 2 amide bonds. The summed E-state index contributed by atoms with van der Waals surface area (Å²) in [4.78, 5) is 25.5. The smallest absolute Gasteiger partial charge is 0.224 e. The van der Waals surface area contributed by atoms with Crippen LogP contribution >= 0.6 is 0 Å². The molecule has 1 aliphatic heterocycles. The zero-order chi connectivity index (χ0) is 16.1. The molecular weight excluding hydrogens is 280 g/mol. The van der Waals surface area contributed by atoms with Gasteiger partial charge in [-0.2, -0.15) is 0 Å². The summed E-state index contributed by atoms with van der Waals surface area (Å²) in [5, 5.41) is 2.93. The molecule has 1 saturated heterocycles. The van der Waals surface area contributed by atoms with E-state index in [2.05, 4.69) is 5.32 Å². The molecule has 1 N–H and O–H groups in total. The summed E-state index contributed by atoms with van der Waals surface area (Å²) in [6, 6.07) is 7.81. The van der Waals surface area contributed by atoms with Gasteiger partial charge in [-0.3, -0.25) is 9.59 Å². The number of nitrogens with zero attached hydrogens (tertiary/aromatic N) is 1. The normalized spacial score (nSPS) is 17.9. The topological polar surface area (TPSA) is 58.6 Å². The molecule has 1 atom stereocenters. The van der Waals surface area contributed by atoms with Gasteiger partial charge < -0.3 is 15.0 Å². The van der Waals surface area contributed by atoms with Crippen molar-refractivity contribution in [2.75, 3.05) is 20.2 Å². The average molecular weight is 304 g/mol. The van der Waals surface area contributed by atoms with E-state index >= 15 is 0 Å². The highest BCUT2D eigenvalue weighted by atomic mass is 16.5. The predicted molar refractivity (Wildman–Crippen MR) is 84.7 cm³/mol. The first-order valence-electron chi connectivity index (χ1n) is 7.70. The van der Waals surface area contributed by atoms with Gasteiger partial charge in [-0.15, -0.1) is 0 Å². The summed E-state index contributed by atoms with van der Waals surface area (Å²) in [6.07, 6.45) is 1.21. The number of benzene rings is 1. The molecule has 0 bridgehead atoms. The van der Waals surface area contributed by atoms with Crippen molar-refractivity contribution in [3.05, 3.63) is 29.8 Å². The molecule has 0 aromatic heterocycles. The fraction of sp³-hybridized carbons (Fsp3) is 0.529. The van der Waals surface area contributed by atoms with Crippen LogP contribution in [0.1, 0.15) is 25.8 Å². The first kappa shape index (κ1) is 16.3. The first-order chi connectivity index (χ1) is 10.5. The van der Waals surface area contributed by atoms with Crippen LogP contribution in [0.15, 0.2) is 24.3 Å². The molecular formula is C17H24N2O3. The number of likely N-dealkylation sites (tertiary alicyclic amines) is 1. The summed E-state index contributed by atoms with van der Waals surface area (Å²) < 4.78 is 5.13. The molecule has 1 aromatic carbocycles. The van der Waals surface area contributed by atoms with Crippen LogP contribution in [0.3, 0.4) is 0 Å². The minimum atomic E-state index is -0.0572. The molecule has 0 aliphatic carbocycles. The molecule has 22 heavy (non-hydrogen) atoms.